The first-order valence-corrected chi connectivity index (χ1v) is 9.56. The molecular weight excluding hydrogens is 354 g/mol. The maximum atomic E-state index is 12.5. The van der Waals surface area contributed by atoms with E-state index in [9.17, 15) is 4.79 Å². The summed E-state index contributed by atoms with van der Waals surface area (Å²) in [5, 5.41) is 11.1. The van der Waals surface area contributed by atoms with Gasteiger partial charge in [0.2, 0.25) is 0 Å². The molecule has 0 bridgehead atoms. The van der Waals surface area contributed by atoms with Crippen molar-refractivity contribution < 1.29 is 9.53 Å². The predicted molar refractivity (Wildman–Crippen MR) is 104 cm³/mol. The Morgan fingerprint density at radius 2 is 1.89 bits per heavy atom. The van der Waals surface area contributed by atoms with Crippen LogP contribution in [0.5, 0.6) is 5.75 Å². The number of benzene rings is 2. The molecular formula is C21H23N5O2. The Hall–Kier alpha value is -3.22. The number of piperidine rings is 1. The van der Waals surface area contributed by atoms with Crippen molar-refractivity contribution in [2.75, 3.05) is 19.7 Å². The minimum atomic E-state index is 0.0333. The second-order valence-electron chi connectivity index (χ2n) is 7.05. The minimum absolute atomic E-state index is 0.0333. The van der Waals surface area contributed by atoms with Crippen LogP contribution in [0.15, 0.2) is 60.9 Å². The number of nitrogens with zero attached hydrogens (tertiary/aromatic N) is 5. The summed E-state index contributed by atoms with van der Waals surface area (Å²) < 4.78 is 7.26. The van der Waals surface area contributed by atoms with Crippen LogP contribution < -0.4 is 4.74 Å². The van der Waals surface area contributed by atoms with Gasteiger partial charge < -0.3 is 9.64 Å². The van der Waals surface area contributed by atoms with Crippen LogP contribution in [0.25, 0.3) is 5.69 Å². The zero-order valence-corrected chi connectivity index (χ0v) is 15.6. The number of ether oxygens (including phenoxy) is 1. The molecule has 144 valence electrons. The summed E-state index contributed by atoms with van der Waals surface area (Å²) in [7, 11) is 0. The van der Waals surface area contributed by atoms with Gasteiger partial charge in [-0.1, -0.05) is 36.4 Å². The van der Waals surface area contributed by atoms with Crippen LogP contribution in [0.3, 0.4) is 0 Å². The van der Waals surface area contributed by atoms with Crippen molar-refractivity contribution in [2.45, 2.75) is 19.3 Å². The lowest BCUT2D eigenvalue weighted by Crippen LogP contribution is -2.41. The van der Waals surface area contributed by atoms with Crippen LogP contribution in [-0.2, 0) is 11.2 Å². The van der Waals surface area contributed by atoms with Gasteiger partial charge in [0.05, 0.1) is 5.69 Å². The summed E-state index contributed by atoms with van der Waals surface area (Å²) in [6.45, 7) is 1.64. The molecule has 1 saturated heterocycles. The fraction of sp³-hybridized carbons (Fsp3) is 0.333. The lowest BCUT2D eigenvalue weighted by atomic mass is 9.90. The van der Waals surface area contributed by atoms with Gasteiger partial charge in [-0.25, -0.2) is 4.68 Å². The highest BCUT2D eigenvalue weighted by atomic mass is 16.5. The quantitative estimate of drug-likeness (QED) is 0.660. The number of aromatic nitrogens is 4. The zero-order chi connectivity index (χ0) is 19.2. The monoisotopic (exact) mass is 377 g/mol. The standard InChI is InChI=1S/C21H23N5O2/c27-21(15-28-20-8-4-7-19(14-20)26-16-22-23-24-26)25-11-9-18(10-12-25)13-17-5-2-1-3-6-17/h1-8,14,16,18H,9-13,15H2. The van der Waals surface area contributed by atoms with Gasteiger partial charge in [0.25, 0.3) is 5.91 Å². The third-order valence-corrected chi connectivity index (χ3v) is 5.13. The average Bonchev–Trinajstić information content (AvgIpc) is 3.29. The third-order valence-electron chi connectivity index (χ3n) is 5.13. The molecule has 4 rings (SSSR count). The molecule has 1 aliphatic heterocycles. The molecule has 7 heteroatoms. The van der Waals surface area contributed by atoms with Crippen molar-refractivity contribution in [2.24, 2.45) is 5.92 Å². The molecule has 0 spiro atoms. The molecule has 2 aromatic carbocycles. The first-order chi connectivity index (χ1) is 13.8. The van der Waals surface area contributed by atoms with E-state index >= 15 is 0 Å². The summed E-state index contributed by atoms with van der Waals surface area (Å²) in [4.78, 5) is 14.4. The molecule has 3 aromatic rings. The molecule has 7 nitrogen and oxygen atoms in total. The summed E-state index contributed by atoms with van der Waals surface area (Å²) >= 11 is 0. The van der Waals surface area contributed by atoms with Crippen molar-refractivity contribution >= 4 is 5.91 Å². The topological polar surface area (TPSA) is 73.1 Å². The van der Waals surface area contributed by atoms with E-state index in [1.54, 1.807) is 4.68 Å². The Labute approximate surface area is 163 Å². The predicted octanol–water partition coefficient (Wildman–Crippen LogP) is 2.52. The average molecular weight is 377 g/mol. The largest absolute Gasteiger partial charge is 0.484 e. The van der Waals surface area contributed by atoms with Crippen LogP contribution in [0.2, 0.25) is 0 Å². The molecule has 0 radical (unpaired) electrons. The molecule has 0 unspecified atom stereocenters. The van der Waals surface area contributed by atoms with Gasteiger partial charge in [0.15, 0.2) is 6.61 Å². The Balaban J connectivity index is 1.25. The molecule has 0 N–H and O–H groups in total. The molecule has 2 heterocycles. The smallest absolute Gasteiger partial charge is 0.260 e. The fourth-order valence-corrected chi connectivity index (χ4v) is 3.57. The number of likely N-dealkylation sites (tertiary alicyclic amines) is 1. The number of tetrazole rings is 1. The van der Waals surface area contributed by atoms with Gasteiger partial charge in [-0.05, 0) is 53.3 Å². The van der Waals surface area contributed by atoms with Crippen molar-refractivity contribution in [1.29, 1.82) is 0 Å². The second kappa shape index (κ2) is 8.65. The molecule has 28 heavy (non-hydrogen) atoms. The van der Waals surface area contributed by atoms with E-state index in [1.807, 2.05) is 35.2 Å². The Morgan fingerprint density at radius 1 is 1.07 bits per heavy atom. The van der Waals surface area contributed by atoms with Crippen LogP contribution in [0.4, 0.5) is 0 Å². The highest BCUT2D eigenvalue weighted by Gasteiger charge is 2.23. The molecule has 1 aliphatic rings. The molecule has 1 aromatic heterocycles. The first kappa shape index (κ1) is 18.2. The first-order valence-electron chi connectivity index (χ1n) is 9.56. The third kappa shape index (κ3) is 4.54. The molecule has 0 saturated carbocycles. The van der Waals surface area contributed by atoms with Gasteiger partial charge in [-0.3, -0.25) is 4.79 Å². The normalized spacial score (nSPS) is 14.8. The summed E-state index contributed by atoms with van der Waals surface area (Å²) in [6, 6.07) is 17.9. The van der Waals surface area contributed by atoms with E-state index in [0.29, 0.717) is 11.7 Å². The number of rotatable bonds is 6. The zero-order valence-electron chi connectivity index (χ0n) is 15.6. The molecule has 0 atom stereocenters. The van der Waals surface area contributed by atoms with Gasteiger partial charge in [0.1, 0.15) is 12.1 Å². The van der Waals surface area contributed by atoms with E-state index in [4.69, 9.17) is 4.74 Å². The minimum Gasteiger partial charge on any atom is -0.484 e. The number of carbonyl (C=O) groups excluding carboxylic acids is 1. The van der Waals surface area contributed by atoms with E-state index in [2.05, 4.69) is 39.8 Å². The highest BCUT2D eigenvalue weighted by molar-refractivity contribution is 5.77. The van der Waals surface area contributed by atoms with Crippen molar-refractivity contribution in [1.82, 2.24) is 25.1 Å². The number of hydrogen-bond donors (Lipinski definition) is 0. The summed E-state index contributed by atoms with van der Waals surface area (Å²) in [5.74, 6) is 1.30. The van der Waals surface area contributed by atoms with Crippen molar-refractivity contribution in [3.05, 3.63) is 66.5 Å². The van der Waals surface area contributed by atoms with Crippen LogP contribution >= 0.6 is 0 Å². The van der Waals surface area contributed by atoms with Gasteiger partial charge in [-0.2, -0.15) is 0 Å². The molecule has 0 aliphatic carbocycles. The van der Waals surface area contributed by atoms with Crippen molar-refractivity contribution in [3.63, 3.8) is 0 Å². The van der Waals surface area contributed by atoms with Gasteiger partial charge in [-0.15, -0.1) is 5.10 Å². The molecule has 1 amide bonds. The van der Waals surface area contributed by atoms with Crippen LogP contribution in [-0.4, -0.2) is 50.7 Å². The summed E-state index contributed by atoms with van der Waals surface area (Å²) in [6.07, 6.45) is 4.68. The van der Waals surface area contributed by atoms with Crippen LogP contribution in [0.1, 0.15) is 18.4 Å². The number of hydrogen-bond acceptors (Lipinski definition) is 5. The molecule has 1 fully saturated rings. The lowest BCUT2D eigenvalue weighted by molar-refractivity contribution is -0.134. The highest BCUT2D eigenvalue weighted by Crippen LogP contribution is 2.22. The number of carbonyl (C=O) groups is 1. The maximum absolute atomic E-state index is 12.5. The van der Waals surface area contributed by atoms with Gasteiger partial charge >= 0.3 is 0 Å². The van der Waals surface area contributed by atoms with Crippen LogP contribution in [0, 0.1) is 5.92 Å². The second-order valence-corrected chi connectivity index (χ2v) is 7.05. The Kier molecular flexibility index (Phi) is 5.61. The van der Waals surface area contributed by atoms with Crippen molar-refractivity contribution in [3.8, 4) is 11.4 Å². The van der Waals surface area contributed by atoms with Gasteiger partial charge in [0, 0.05) is 19.2 Å². The Bertz CT molecular complexity index is 890. The maximum Gasteiger partial charge on any atom is 0.260 e. The number of amides is 1. The van der Waals surface area contributed by atoms with E-state index < -0.39 is 0 Å². The lowest BCUT2D eigenvalue weighted by Gasteiger charge is -2.32. The van der Waals surface area contributed by atoms with E-state index in [0.717, 1.165) is 38.0 Å². The summed E-state index contributed by atoms with van der Waals surface area (Å²) in [5.41, 5.74) is 2.16. The SMILES string of the molecule is O=C(COc1cccc(-n2cnnn2)c1)N1CCC(Cc2ccccc2)CC1. The van der Waals surface area contributed by atoms with E-state index in [-0.39, 0.29) is 12.5 Å². The Morgan fingerprint density at radius 3 is 2.64 bits per heavy atom. The fourth-order valence-electron chi connectivity index (χ4n) is 3.57. The van der Waals surface area contributed by atoms with E-state index in [1.165, 1.54) is 11.9 Å².